The summed E-state index contributed by atoms with van der Waals surface area (Å²) in [5, 5.41) is 16.7. The van der Waals surface area contributed by atoms with Crippen LogP contribution in [-0.4, -0.2) is 41.2 Å². The van der Waals surface area contributed by atoms with Crippen molar-refractivity contribution in [3.63, 3.8) is 0 Å². The summed E-state index contributed by atoms with van der Waals surface area (Å²) < 4.78 is 5.51. The first-order chi connectivity index (χ1) is 17.0. The third kappa shape index (κ3) is 6.45. The van der Waals surface area contributed by atoms with E-state index in [0.717, 1.165) is 0 Å². The fourth-order valence-corrected chi connectivity index (χ4v) is 4.91. The van der Waals surface area contributed by atoms with E-state index >= 15 is 0 Å². The minimum atomic E-state index is -0.933. The molecule has 4 rings (SSSR count). The lowest BCUT2D eigenvalue weighted by Crippen LogP contribution is -2.27. The molecule has 0 unspecified atom stereocenters. The summed E-state index contributed by atoms with van der Waals surface area (Å²) in [6.45, 7) is 0.975. The molecule has 1 aromatic heterocycles. The van der Waals surface area contributed by atoms with Gasteiger partial charge >= 0.3 is 12.1 Å². The number of amides is 2. The number of carboxylic acid groups (broad SMARTS) is 1. The molecule has 2 amide bonds. The number of hydrogen-bond acceptors (Lipinski definition) is 6. The molecule has 0 bridgehead atoms. The second kappa shape index (κ2) is 11.6. The van der Waals surface area contributed by atoms with Crippen LogP contribution in [0.2, 0.25) is 0 Å². The Kier molecular flexibility index (Phi) is 8.10. The first-order valence-corrected chi connectivity index (χ1v) is 12.4. The average Bonchev–Trinajstić information content (AvgIpc) is 3.43. The molecule has 3 aromatic rings. The predicted octanol–water partition coefficient (Wildman–Crippen LogP) is 4.10. The minimum absolute atomic E-state index is 0.0230. The van der Waals surface area contributed by atoms with Gasteiger partial charge in [-0.15, -0.1) is 11.3 Å². The van der Waals surface area contributed by atoms with Gasteiger partial charge in [0.2, 0.25) is 5.91 Å². The second-order valence-electron chi connectivity index (χ2n) is 8.29. The van der Waals surface area contributed by atoms with Crippen LogP contribution in [0.5, 0.6) is 0 Å². The Bertz CT molecular complexity index is 1160. The zero-order valence-corrected chi connectivity index (χ0v) is 20.0. The highest BCUT2D eigenvalue weighted by Crippen LogP contribution is 2.44. The van der Waals surface area contributed by atoms with Crippen molar-refractivity contribution in [1.29, 1.82) is 0 Å². The molecular weight excluding hydrogens is 466 g/mol. The molecule has 35 heavy (non-hydrogen) atoms. The number of aromatic nitrogens is 1. The smallest absolute Gasteiger partial charge is 0.407 e. The Hall–Kier alpha value is -3.72. The topological polar surface area (TPSA) is 118 Å². The van der Waals surface area contributed by atoms with Gasteiger partial charge in [-0.05, 0) is 35.1 Å². The average molecular weight is 494 g/mol. The third-order valence-corrected chi connectivity index (χ3v) is 6.71. The molecule has 1 aliphatic rings. The number of unbranched alkanes of at least 4 members (excludes halogenated alkanes) is 1. The van der Waals surface area contributed by atoms with Gasteiger partial charge in [-0.2, -0.15) is 0 Å². The Balaban J connectivity index is 1.12. The molecule has 1 heterocycles. The van der Waals surface area contributed by atoms with Gasteiger partial charge in [0.05, 0.1) is 18.7 Å². The Morgan fingerprint density at radius 2 is 1.66 bits per heavy atom. The van der Waals surface area contributed by atoms with Gasteiger partial charge in [-0.3, -0.25) is 9.59 Å². The van der Waals surface area contributed by atoms with Crippen LogP contribution in [0.4, 0.5) is 4.79 Å². The maximum atomic E-state index is 12.2. The van der Waals surface area contributed by atoms with Crippen molar-refractivity contribution in [1.82, 2.24) is 15.6 Å². The van der Waals surface area contributed by atoms with Crippen molar-refractivity contribution in [2.75, 3.05) is 13.2 Å². The van der Waals surface area contributed by atoms with Crippen LogP contribution >= 0.6 is 11.3 Å². The lowest BCUT2D eigenvalue weighted by molar-refractivity contribution is -0.136. The van der Waals surface area contributed by atoms with E-state index in [1.165, 1.54) is 33.6 Å². The van der Waals surface area contributed by atoms with Gasteiger partial charge in [0, 0.05) is 24.3 Å². The molecule has 0 atom stereocenters. The molecule has 0 radical (unpaired) electrons. The molecule has 3 N–H and O–H groups in total. The van der Waals surface area contributed by atoms with Crippen LogP contribution in [0.3, 0.4) is 0 Å². The Morgan fingerprint density at radius 3 is 2.34 bits per heavy atom. The van der Waals surface area contributed by atoms with Crippen molar-refractivity contribution in [3.05, 3.63) is 75.7 Å². The number of ether oxygens (including phenoxy) is 1. The van der Waals surface area contributed by atoms with E-state index in [1.807, 2.05) is 24.3 Å². The summed E-state index contributed by atoms with van der Waals surface area (Å²) in [7, 11) is 0. The quantitative estimate of drug-likeness (QED) is 0.346. The summed E-state index contributed by atoms with van der Waals surface area (Å²) in [6, 6.07) is 16.4. The number of rotatable bonds is 11. The van der Waals surface area contributed by atoms with Gasteiger partial charge in [0.15, 0.2) is 0 Å². The van der Waals surface area contributed by atoms with Crippen LogP contribution in [0.25, 0.3) is 11.1 Å². The first-order valence-electron chi connectivity index (χ1n) is 11.5. The molecule has 0 fully saturated rings. The van der Waals surface area contributed by atoms with E-state index in [0.29, 0.717) is 36.5 Å². The van der Waals surface area contributed by atoms with Crippen molar-refractivity contribution in [2.45, 2.75) is 38.1 Å². The number of aliphatic carboxylic acids is 1. The summed E-state index contributed by atoms with van der Waals surface area (Å²) >= 11 is 1.32. The fraction of sp³-hybridized carbons (Fsp3) is 0.308. The molecule has 182 valence electrons. The number of carboxylic acids is 1. The normalized spacial score (nSPS) is 12.0. The van der Waals surface area contributed by atoms with E-state index in [1.54, 1.807) is 5.38 Å². The zero-order chi connectivity index (χ0) is 24.6. The number of nitrogens with zero attached hydrogens (tertiary/aromatic N) is 1. The Labute approximate surface area is 207 Å². The maximum Gasteiger partial charge on any atom is 0.407 e. The summed E-state index contributed by atoms with van der Waals surface area (Å²) in [5.74, 6) is -1.02. The van der Waals surface area contributed by atoms with Crippen LogP contribution < -0.4 is 10.6 Å². The van der Waals surface area contributed by atoms with Crippen LogP contribution in [0, 0.1) is 0 Å². The fourth-order valence-electron chi connectivity index (χ4n) is 4.18. The number of thiazole rings is 1. The van der Waals surface area contributed by atoms with E-state index in [9.17, 15) is 14.4 Å². The first kappa shape index (κ1) is 24.4. The summed E-state index contributed by atoms with van der Waals surface area (Å²) in [5.41, 5.74) is 5.20. The van der Waals surface area contributed by atoms with E-state index in [4.69, 9.17) is 9.84 Å². The largest absolute Gasteiger partial charge is 0.481 e. The number of benzene rings is 2. The number of carbonyl (C=O) groups is 3. The maximum absolute atomic E-state index is 12.2. The zero-order valence-electron chi connectivity index (χ0n) is 19.2. The van der Waals surface area contributed by atoms with Crippen LogP contribution in [0.1, 0.15) is 47.0 Å². The molecule has 8 nitrogen and oxygen atoms in total. The molecule has 1 aliphatic carbocycles. The van der Waals surface area contributed by atoms with Gasteiger partial charge in [-0.25, -0.2) is 9.78 Å². The van der Waals surface area contributed by atoms with Gasteiger partial charge in [0.1, 0.15) is 11.6 Å². The SMILES string of the molecule is O=C(O)Cc1csc(CNC(=O)CCCCNC(=O)OCC2c3ccccc3-c3ccccc32)n1. The lowest BCUT2D eigenvalue weighted by atomic mass is 9.98. The van der Waals surface area contributed by atoms with E-state index in [2.05, 4.69) is 39.9 Å². The molecular formula is C26H27N3O5S. The second-order valence-corrected chi connectivity index (χ2v) is 9.23. The number of carbonyl (C=O) groups excluding carboxylic acids is 2. The third-order valence-electron chi connectivity index (χ3n) is 5.81. The highest BCUT2D eigenvalue weighted by molar-refractivity contribution is 7.09. The minimum Gasteiger partial charge on any atom is -0.481 e. The monoisotopic (exact) mass is 493 g/mol. The molecule has 0 aliphatic heterocycles. The molecule has 9 heteroatoms. The molecule has 2 aromatic carbocycles. The number of alkyl carbamates (subject to hydrolysis) is 1. The van der Waals surface area contributed by atoms with Crippen molar-refractivity contribution < 1.29 is 24.2 Å². The van der Waals surface area contributed by atoms with Crippen molar-refractivity contribution in [2.24, 2.45) is 0 Å². The van der Waals surface area contributed by atoms with Gasteiger partial charge < -0.3 is 20.5 Å². The Morgan fingerprint density at radius 1 is 0.971 bits per heavy atom. The van der Waals surface area contributed by atoms with Gasteiger partial charge in [-0.1, -0.05) is 48.5 Å². The standard InChI is InChI=1S/C26H27N3O5S/c30-23(28-14-24-29-17(16-35-24)13-25(31)32)11-5-6-12-27-26(33)34-15-22-20-9-3-1-7-18(20)19-8-2-4-10-21(19)22/h1-4,7-10,16,22H,5-6,11-15H2,(H,27,33)(H,28,30)(H,31,32). The summed E-state index contributed by atoms with van der Waals surface area (Å²) in [4.78, 5) is 39.1. The van der Waals surface area contributed by atoms with E-state index < -0.39 is 12.1 Å². The summed E-state index contributed by atoms with van der Waals surface area (Å²) in [6.07, 6.45) is 1.02. The molecule has 0 saturated heterocycles. The molecule has 0 spiro atoms. The number of hydrogen-bond donors (Lipinski definition) is 3. The number of nitrogens with one attached hydrogen (secondary N) is 2. The lowest BCUT2D eigenvalue weighted by Gasteiger charge is -2.14. The predicted molar refractivity (Wildman–Crippen MR) is 132 cm³/mol. The van der Waals surface area contributed by atoms with Crippen molar-refractivity contribution >= 4 is 29.3 Å². The number of fused-ring (bicyclic) bond motifs is 3. The van der Waals surface area contributed by atoms with Crippen LogP contribution in [0.15, 0.2) is 53.9 Å². The highest BCUT2D eigenvalue weighted by Gasteiger charge is 2.28. The van der Waals surface area contributed by atoms with Crippen molar-refractivity contribution in [3.8, 4) is 11.1 Å². The van der Waals surface area contributed by atoms with Crippen LogP contribution in [-0.2, 0) is 27.3 Å². The molecule has 0 saturated carbocycles. The van der Waals surface area contributed by atoms with E-state index in [-0.39, 0.29) is 31.4 Å². The highest BCUT2D eigenvalue weighted by atomic mass is 32.1. The van der Waals surface area contributed by atoms with Gasteiger partial charge in [0.25, 0.3) is 0 Å².